The van der Waals surface area contributed by atoms with Gasteiger partial charge in [-0.2, -0.15) is 0 Å². The summed E-state index contributed by atoms with van der Waals surface area (Å²) >= 11 is 0. The average molecular weight is 483 g/mol. The summed E-state index contributed by atoms with van der Waals surface area (Å²) < 4.78 is 19.4. The number of amides is 1. The molecule has 0 aromatic heterocycles. The van der Waals surface area contributed by atoms with Crippen molar-refractivity contribution in [1.82, 2.24) is 0 Å². The Bertz CT molecular complexity index is 1020. The summed E-state index contributed by atoms with van der Waals surface area (Å²) in [7, 11) is 0. The van der Waals surface area contributed by atoms with E-state index in [-0.39, 0.29) is 18.1 Å². The maximum atomic E-state index is 14.4. The molecular weight excluding hydrogens is 443 g/mol. The van der Waals surface area contributed by atoms with Crippen LogP contribution >= 0.6 is 0 Å². The molecule has 2 rings (SSSR count). The molecule has 6 heteroatoms. The minimum atomic E-state index is -0.401. The number of ether oxygens (including phenoxy) is 1. The smallest absolute Gasteiger partial charge is 0.331 e. The quantitative estimate of drug-likeness (QED) is 0.255. The third-order valence-electron chi connectivity index (χ3n) is 5.81. The van der Waals surface area contributed by atoms with Gasteiger partial charge in [0.05, 0.1) is 24.4 Å². The highest BCUT2D eigenvalue weighted by molar-refractivity contribution is 5.97. The first-order valence-electron chi connectivity index (χ1n) is 12.6. The number of benzene rings is 2. The number of esters is 1. The molecule has 35 heavy (non-hydrogen) atoms. The largest absolute Gasteiger partial charge is 0.463 e. The molecule has 0 unspecified atom stereocenters. The first-order chi connectivity index (χ1) is 16.8. The van der Waals surface area contributed by atoms with Gasteiger partial charge in [0, 0.05) is 19.2 Å². The predicted octanol–water partition coefficient (Wildman–Crippen LogP) is 6.69. The van der Waals surface area contributed by atoms with Crippen LogP contribution in [0.2, 0.25) is 0 Å². The molecule has 0 bridgehead atoms. The highest BCUT2D eigenvalue weighted by Gasteiger charge is 2.16. The van der Waals surface area contributed by atoms with Gasteiger partial charge in [-0.25, -0.2) is 9.18 Å². The van der Waals surface area contributed by atoms with E-state index in [2.05, 4.69) is 24.1 Å². The summed E-state index contributed by atoms with van der Waals surface area (Å²) in [6.45, 7) is 11.8. The number of carbonyl (C=O) groups excluding carboxylic acids is 2. The summed E-state index contributed by atoms with van der Waals surface area (Å²) in [5.74, 6) is -1.07. The highest BCUT2D eigenvalue weighted by Crippen LogP contribution is 2.31. The van der Waals surface area contributed by atoms with Gasteiger partial charge in [0.1, 0.15) is 5.82 Å². The van der Waals surface area contributed by atoms with E-state index in [4.69, 9.17) is 4.74 Å². The molecule has 0 saturated carbocycles. The van der Waals surface area contributed by atoms with Crippen molar-refractivity contribution in [2.75, 3.05) is 29.9 Å². The summed E-state index contributed by atoms with van der Waals surface area (Å²) in [5.41, 5.74) is 4.31. The maximum Gasteiger partial charge on any atom is 0.331 e. The third kappa shape index (κ3) is 8.85. The second-order valence-electron chi connectivity index (χ2n) is 8.83. The fourth-order valence-electron chi connectivity index (χ4n) is 3.81. The Balaban J connectivity index is 2.41. The van der Waals surface area contributed by atoms with Crippen LogP contribution < -0.4 is 10.2 Å². The van der Waals surface area contributed by atoms with Crippen molar-refractivity contribution < 1.29 is 18.7 Å². The molecular formula is C29H39FN2O3. The van der Waals surface area contributed by atoms with Crippen molar-refractivity contribution in [3.8, 4) is 0 Å². The van der Waals surface area contributed by atoms with E-state index in [0.29, 0.717) is 17.9 Å². The lowest BCUT2D eigenvalue weighted by Crippen LogP contribution is -2.27. The lowest BCUT2D eigenvalue weighted by molar-refractivity contribution is -0.137. The number of rotatable bonds is 13. The Kier molecular flexibility index (Phi) is 11.5. The summed E-state index contributed by atoms with van der Waals surface area (Å²) in [4.78, 5) is 27.2. The molecule has 0 spiro atoms. The number of allylic oxidation sites excluding steroid dienone is 1. The number of hydrogen-bond acceptors (Lipinski definition) is 4. The van der Waals surface area contributed by atoms with E-state index in [1.165, 1.54) is 12.1 Å². The van der Waals surface area contributed by atoms with Crippen LogP contribution in [0.3, 0.4) is 0 Å². The van der Waals surface area contributed by atoms with Gasteiger partial charge in [-0.15, -0.1) is 0 Å². The molecule has 0 saturated heterocycles. The monoisotopic (exact) mass is 482 g/mol. The van der Waals surface area contributed by atoms with Crippen molar-refractivity contribution in [2.45, 2.75) is 66.7 Å². The Morgan fingerprint density at radius 3 is 2.31 bits per heavy atom. The maximum absolute atomic E-state index is 14.4. The fraction of sp³-hybridized carbons (Fsp3) is 0.448. The average Bonchev–Trinajstić information content (AvgIpc) is 2.81. The van der Waals surface area contributed by atoms with Crippen LogP contribution in [-0.4, -0.2) is 31.6 Å². The van der Waals surface area contributed by atoms with Crippen LogP contribution in [-0.2, 0) is 20.7 Å². The summed E-state index contributed by atoms with van der Waals surface area (Å²) in [5, 5.41) is 3.02. The lowest BCUT2D eigenvalue weighted by atomic mass is 10.0. The normalized spacial score (nSPS) is 11.3. The highest BCUT2D eigenvalue weighted by atomic mass is 19.1. The van der Waals surface area contributed by atoms with Crippen molar-refractivity contribution in [3.63, 3.8) is 0 Å². The fourth-order valence-corrected chi connectivity index (χ4v) is 3.81. The van der Waals surface area contributed by atoms with Crippen molar-refractivity contribution >= 4 is 28.8 Å². The molecule has 0 atom stereocenters. The number of nitrogens with zero attached hydrogens (tertiary/aromatic N) is 1. The van der Waals surface area contributed by atoms with Crippen LogP contribution in [0.15, 0.2) is 42.5 Å². The van der Waals surface area contributed by atoms with Crippen LogP contribution in [0.1, 0.15) is 70.1 Å². The van der Waals surface area contributed by atoms with Crippen LogP contribution in [0, 0.1) is 12.7 Å². The Morgan fingerprint density at radius 1 is 1.03 bits per heavy atom. The minimum absolute atomic E-state index is 0.0582. The number of halogens is 1. The predicted molar refractivity (Wildman–Crippen MR) is 142 cm³/mol. The molecule has 1 amide bonds. The zero-order chi connectivity index (χ0) is 25.8. The topological polar surface area (TPSA) is 58.6 Å². The van der Waals surface area contributed by atoms with E-state index in [1.54, 1.807) is 19.1 Å². The molecule has 0 aliphatic heterocycles. The molecule has 0 fully saturated rings. The standard InChI is InChI=1S/C29H39FN2O3/c1-6-9-15-32(16-10-7-2)27-14-13-23(22(5)18-29(34)35-8-3)19-26(27)31-28(33)20-24-12-11-21(4)17-25(24)30/h11-14,17-19H,6-10,15-16,20H2,1-5H3,(H,31,33)/b22-18+. The molecule has 1 N–H and O–H groups in total. The number of aryl methyl sites for hydroxylation is 1. The van der Waals surface area contributed by atoms with E-state index in [0.717, 1.165) is 61.2 Å². The molecule has 0 radical (unpaired) electrons. The Labute approximate surface area is 209 Å². The van der Waals surface area contributed by atoms with Crippen LogP contribution in [0.4, 0.5) is 15.8 Å². The summed E-state index contributed by atoms with van der Waals surface area (Å²) in [6.07, 6.45) is 5.60. The number of unbranched alkanes of at least 4 members (excludes halogenated alkanes) is 2. The lowest BCUT2D eigenvalue weighted by Gasteiger charge is -2.28. The second kappa shape index (κ2) is 14.3. The SMILES string of the molecule is CCCCN(CCCC)c1ccc(/C(C)=C/C(=O)OCC)cc1NC(=O)Cc1ccc(C)cc1F. The van der Waals surface area contributed by atoms with Gasteiger partial charge in [-0.3, -0.25) is 4.79 Å². The van der Waals surface area contributed by atoms with E-state index >= 15 is 0 Å². The Morgan fingerprint density at radius 2 is 1.71 bits per heavy atom. The van der Waals surface area contributed by atoms with Crippen molar-refractivity contribution in [2.24, 2.45) is 0 Å². The van der Waals surface area contributed by atoms with Gasteiger partial charge in [0.2, 0.25) is 5.91 Å². The number of nitrogens with one attached hydrogen (secondary N) is 1. The molecule has 5 nitrogen and oxygen atoms in total. The Hall–Kier alpha value is -3.15. The van der Waals surface area contributed by atoms with Gasteiger partial charge in [0.25, 0.3) is 0 Å². The van der Waals surface area contributed by atoms with Gasteiger partial charge >= 0.3 is 5.97 Å². The molecule has 2 aromatic carbocycles. The van der Waals surface area contributed by atoms with E-state index in [9.17, 15) is 14.0 Å². The zero-order valence-electron chi connectivity index (χ0n) is 21.7. The number of anilines is 2. The van der Waals surface area contributed by atoms with Gasteiger partial charge in [-0.1, -0.05) is 44.9 Å². The molecule has 2 aromatic rings. The van der Waals surface area contributed by atoms with Crippen LogP contribution in [0.5, 0.6) is 0 Å². The first kappa shape index (κ1) is 28.1. The molecule has 0 aliphatic carbocycles. The molecule has 0 heterocycles. The number of hydrogen-bond donors (Lipinski definition) is 1. The van der Waals surface area contributed by atoms with E-state index < -0.39 is 5.97 Å². The molecule has 190 valence electrons. The minimum Gasteiger partial charge on any atom is -0.463 e. The summed E-state index contributed by atoms with van der Waals surface area (Å²) in [6, 6.07) is 10.7. The van der Waals surface area contributed by atoms with E-state index in [1.807, 2.05) is 32.0 Å². The van der Waals surface area contributed by atoms with Crippen molar-refractivity contribution in [1.29, 1.82) is 0 Å². The molecule has 0 aliphatic rings. The van der Waals surface area contributed by atoms with Crippen molar-refractivity contribution in [3.05, 3.63) is 65.0 Å². The first-order valence-corrected chi connectivity index (χ1v) is 12.6. The van der Waals surface area contributed by atoms with Gasteiger partial charge in [-0.05, 0) is 74.1 Å². The third-order valence-corrected chi connectivity index (χ3v) is 5.81. The number of carbonyl (C=O) groups is 2. The second-order valence-corrected chi connectivity index (χ2v) is 8.83. The van der Waals surface area contributed by atoms with Gasteiger partial charge in [0.15, 0.2) is 0 Å². The zero-order valence-corrected chi connectivity index (χ0v) is 21.7. The van der Waals surface area contributed by atoms with Crippen LogP contribution in [0.25, 0.3) is 5.57 Å². The van der Waals surface area contributed by atoms with Gasteiger partial charge < -0.3 is 15.0 Å².